The SMILES string of the molecule is C[C@H]1CC(c2ccc(Cl)cc2)=CC[C@H]1C(=O)O. The van der Waals surface area contributed by atoms with Crippen LogP contribution in [0.2, 0.25) is 5.02 Å². The highest BCUT2D eigenvalue weighted by Gasteiger charge is 2.28. The van der Waals surface area contributed by atoms with Crippen molar-refractivity contribution in [1.29, 1.82) is 0 Å². The van der Waals surface area contributed by atoms with Crippen molar-refractivity contribution in [3.8, 4) is 0 Å². The summed E-state index contributed by atoms with van der Waals surface area (Å²) in [5.41, 5.74) is 2.37. The molecule has 2 nitrogen and oxygen atoms in total. The number of hydrogen-bond donors (Lipinski definition) is 1. The van der Waals surface area contributed by atoms with Gasteiger partial charge in [0.05, 0.1) is 5.92 Å². The van der Waals surface area contributed by atoms with Gasteiger partial charge < -0.3 is 5.11 Å². The van der Waals surface area contributed by atoms with Gasteiger partial charge in [0.25, 0.3) is 0 Å². The van der Waals surface area contributed by atoms with E-state index in [1.807, 2.05) is 37.3 Å². The number of aliphatic carboxylic acids is 1. The molecule has 2 rings (SSSR count). The minimum Gasteiger partial charge on any atom is -0.481 e. The fourth-order valence-electron chi connectivity index (χ4n) is 2.32. The first-order chi connectivity index (χ1) is 8.08. The molecule has 0 saturated carbocycles. The molecule has 0 unspecified atom stereocenters. The fourth-order valence-corrected chi connectivity index (χ4v) is 2.44. The molecule has 0 radical (unpaired) electrons. The van der Waals surface area contributed by atoms with Crippen molar-refractivity contribution >= 4 is 23.1 Å². The minimum absolute atomic E-state index is 0.183. The number of halogens is 1. The molecular weight excluding hydrogens is 236 g/mol. The van der Waals surface area contributed by atoms with Crippen LogP contribution in [0.25, 0.3) is 5.57 Å². The molecule has 1 aromatic carbocycles. The Morgan fingerprint density at radius 3 is 2.53 bits per heavy atom. The van der Waals surface area contributed by atoms with Gasteiger partial charge in [-0.3, -0.25) is 4.79 Å². The topological polar surface area (TPSA) is 37.3 Å². The maximum absolute atomic E-state index is 11.0. The number of carboxylic acid groups (broad SMARTS) is 1. The molecule has 90 valence electrons. The van der Waals surface area contributed by atoms with Crippen molar-refractivity contribution < 1.29 is 9.90 Å². The van der Waals surface area contributed by atoms with Crippen molar-refractivity contribution in [3.63, 3.8) is 0 Å². The lowest BCUT2D eigenvalue weighted by Crippen LogP contribution is -2.24. The van der Waals surface area contributed by atoms with Crippen molar-refractivity contribution in [1.82, 2.24) is 0 Å². The lowest BCUT2D eigenvalue weighted by Gasteiger charge is -2.25. The van der Waals surface area contributed by atoms with E-state index in [1.54, 1.807) is 0 Å². The van der Waals surface area contributed by atoms with Gasteiger partial charge in [0.15, 0.2) is 0 Å². The standard InChI is InChI=1S/C14H15ClO2/c1-9-8-11(4-7-13(9)14(16)17)10-2-5-12(15)6-3-10/h2-6,9,13H,7-8H2,1H3,(H,16,17)/t9-,13+/m0/s1. The van der Waals surface area contributed by atoms with Gasteiger partial charge in [-0.15, -0.1) is 0 Å². The van der Waals surface area contributed by atoms with E-state index < -0.39 is 5.97 Å². The molecule has 0 fully saturated rings. The quantitative estimate of drug-likeness (QED) is 0.866. The summed E-state index contributed by atoms with van der Waals surface area (Å²) in [6, 6.07) is 7.71. The molecule has 0 spiro atoms. The number of hydrogen-bond acceptors (Lipinski definition) is 1. The first-order valence-corrected chi connectivity index (χ1v) is 6.13. The zero-order valence-electron chi connectivity index (χ0n) is 9.69. The van der Waals surface area contributed by atoms with Crippen LogP contribution < -0.4 is 0 Å². The van der Waals surface area contributed by atoms with Gasteiger partial charge in [0.2, 0.25) is 0 Å². The van der Waals surface area contributed by atoms with Crippen molar-refractivity contribution in [2.75, 3.05) is 0 Å². The monoisotopic (exact) mass is 250 g/mol. The van der Waals surface area contributed by atoms with E-state index >= 15 is 0 Å². The van der Waals surface area contributed by atoms with Crippen LogP contribution in [0.1, 0.15) is 25.3 Å². The average molecular weight is 251 g/mol. The maximum atomic E-state index is 11.0. The van der Waals surface area contributed by atoms with E-state index in [0.29, 0.717) is 6.42 Å². The van der Waals surface area contributed by atoms with Gasteiger partial charge in [-0.05, 0) is 42.0 Å². The largest absolute Gasteiger partial charge is 0.481 e. The first-order valence-electron chi connectivity index (χ1n) is 5.75. The molecule has 17 heavy (non-hydrogen) atoms. The van der Waals surface area contributed by atoms with Crippen molar-refractivity contribution in [2.24, 2.45) is 11.8 Å². The molecule has 1 aliphatic carbocycles. The summed E-state index contributed by atoms with van der Waals surface area (Å²) in [6.07, 6.45) is 3.48. The Bertz CT molecular complexity index is 448. The molecule has 1 aromatic rings. The Morgan fingerprint density at radius 1 is 1.35 bits per heavy atom. The van der Waals surface area contributed by atoms with Crippen LogP contribution in [0.15, 0.2) is 30.3 Å². The molecule has 1 aliphatic rings. The number of carbonyl (C=O) groups is 1. The van der Waals surface area contributed by atoms with Gasteiger partial charge in [0, 0.05) is 5.02 Å². The summed E-state index contributed by atoms with van der Waals surface area (Å²) in [4.78, 5) is 11.0. The molecule has 2 atom stereocenters. The van der Waals surface area contributed by atoms with Crippen molar-refractivity contribution in [2.45, 2.75) is 19.8 Å². The van der Waals surface area contributed by atoms with Gasteiger partial charge in [-0.1, -0.05) is 36.7 Å². The molecule has 0 aromatic heterocycles. The smallest absolute Gasteiger partial charge is 0.307 e. The molecule has 3 heteroatoms. The van der Waals surface area contributed by atoms with Crippen LogP contribution in [0.5, 0.6) is 0 Å². The van der Waals surface area contributed by atoms with Gasteiger partial charge in [-0.25, -0.2) is 0 Å². The Morgan fingerprint density at radius 2 is 2.00 bits per heavy atom. The number of allylic oxidation sites excluding steroid dienone is 2. The first kappa shape index (κ1) is 12.2. The zero-order valence-corrected chi connectivity index (χ0v) is 10.4. The summed E-state index contributed by atoms with van der Waals surface area (Å²) >= 11 is 5.85. The van der Waals surface area contributed by atoms with Crippen LogP contribution in [0.3, 0.4) is 0 Å². The highest BCUT2D eigenvalue weighted by atomic mass is 35.5. The second-order valence-corrected chi connectivity index (χ2v) is 5.03. The van der Waals surface area contributed by atoms with E-state index in [0.717, 1.165) is 17.0 Å². The Hall–Kier alpha value is -1.28. The Kier molecular flexibility index (Phi) is 3.53. The van der Waals surface area contributed by atoms with Gasteiger partial charge in [-0.2, -0.15) is 0 Å². The van der Waals surface area contributed by atoms with Crippen LogP contribution in [-0.2, 0) is 4.79 Å². The lowest BCUT2D eigenvalue weighted by molar-refractivity contribution is -0.143. The van der Waals surface area contributed by atoms with Crippen molar-refractivity contribution in [3.05, 3.63) is 40.9 Å². The van der Waals surface area contributed by atoms with Gasteiger partial charge in [0.1, 0.15) is 0 Å². The normalized spacial score (nSPS) is 24.2. The van der Waals surface area contributed by atoms with Gasteiger partial charge >= 0.3 is 5.97 Å². The Balaban J connectivity index is 2.19. The third-order valence-electron chi connectivity index (χ3n) is 3.38. The van der Waals surface area contributed by atoms with Crippen LogP contribution in [0.4, 0.5) is 0 Å². The van der Waals surface area contributed by atoms with Crippen LogP contribution in [-0.4, -0.2) is 11.1 Å². The van der Waals surface area contributed by atoms with E-state index in [-0.39, 0.29) is 11.8 Å². The Labute approximate surface area is 106 Å². The summed E-state index contributed by atoms with van der Waals surface area (Å²) in [5, 5.41) is 9.78. The summed E-state index contributed by atoms with van der Waals surface area (Å²) in [6.45, 7) is 2.00. The van der Waals surface area contributed by atoms with E-state index in [2.05, 4.69) is 0 Å². The molecule has 1 N–H and O–H groups in total. The van der Waals surface area contributed by atoms with E-state index in [4.69, 9.17) is 16.7 Å². The summed E-state index contributed by atoms with van der Waals surface area (Å²) in [5.74, 6) is -0.752. The van der Waals surface area contributed by atoms with E-state index in [9.17, 15) is 4.79 Å². The predicted molar refractivity (Wildman–Crippen MR) is 69.0 cm³/mol. The third-order valence-corrected chi connectivity index (χ3v) is 3.63. The minimum atomic E-state index is -0.691. The number of benzene rings is 1. The number of rotatable bonds is 2. The second-order valence-electron chi connectivity index (χ2n) is 4.60. The molecular formula is C14H15ClO2. The van der Waals surface area contributed by atoms with Crippen LogP contribution in [0, 0.1) is 11.8 Å². The third kappa shape index (κ3) is 2.70. The fraction of sp³-hybridized carbons (Fsp3) is 0.357. The lowest BCUT2D eigenvalue weighted by atomic mass is 9.79. The predicted octanol–water partition coefficient (Wildman–Crippen LogP) is 3.85. The molecule has 0 bridgehead atoms. The highest BCUT2D eigenvalue weighted by Crippen LogP contribution is 2.34. The molecule has 0 aliphatic heterocycles. The van der Waals surface area contributed by atoms with Crippen LogP contribution >= 0.6 is 11.6 Å². The number of carboxylic acids is 1. The maximum Gasteiger partial charge on any atom is 0.307 e. The zero-order chi connectivity index (χ0) is 12.4. The highest BCUT2D eigenvalue weighted by molar-refractivity contribution is 6.30. The molecule has 0 heterocycles. The summed E-state index contributed by atoms with van der Waals surface area (Å²) in [7, 11) is 0. The second kappa shape index (κ2) is 4.92. The molecule has 0 amide bonds. The average Bonchev–Trinajstić information content (AvgIpc) is 2.29. The van der Waals surface area contributed by atoms with E-state index in [1.165, 1.54) is 5.57 Å². The summed E-state index contributed by atoms with van der Waals surface area (Å²) < 4.78 is 0. The molecule has 0 saturated heterocycles.